The standard InChI is InChI=1S/C14H21FN6OS/c1-9-16-11(8-23-9)5-21-4-10(15)3-12(21)6-20(2)7-13-17-14(22)19-18-13/h8,10,12H,3-7H2,1-2H3,(H2,17,18,19,22)/t10-,12-/m0/s1. The zero-order chi connectivity index (χ0) is 16.4. The minimum atomic E-state index is -0.793. The van der Waals surface area contributed by atoms with Crippen molar-refractivity contribution in [2.45, 2.75) is 38.6 Å². The number of nitrogens with zero attached hydrogens (tertiary/aromatic N) is 4. The van der Waals surface area contributed by atoms with E-state index in [0.717, 1.165) is 17.2 Å². The molecular weight excluding hydrogens is 319 g/mol. The average Bonchev–Trinajstić information content (AvgIpc) is 3.14. The van der Waals surface area contributed by atoms with Gasteiger partial charge in [0.15, 0.2) is 0 Å². The molecule has 1 saturated heterocycles. The average molecular weight is 340 g/mol. The van der Waals surface area contributed by atoms with Crippen LogP contribution in [0.1, 0.15) is 22.9 Å². The van der Waals surface area contributed by atoms with E-state index in [1.807, 2.05) is 24.3 Å². The molecule has 1 aliphatic heterocycles. The van der Waals surface area contributed by atoms with E-state index in [9.17, 15) is 9.18 Å². The van der Waals surface area contributed by atoms with Gasteiger partial charge in [0, 0.05) is 31.1 Å². The molecule has 0 amide bonds. The van der Waals surface area contributed by atoms with Gasteiger partial charge in [0.05, 0.1) is 17.2 Å². The Balaban J connectivity index is 1.59. The van der Waals surface area contributed by atoms with Crippen LogP contribution < -0.4 is 5.69 Å². The molecule has 2 N–H and O–H groups in total. The summed E-state index contributed by atoms with van der Waals surface area (Å²) in [5.41, 5.74) is 0.699. The molecule has 2 atom stereocenters. The summed E-state index contributed by atoms with van der Waals surface area (Å²) in [4.78, 5) is 22.4. The molecule has 0 spiro atoms. The molecule has 1 aliphatic rings. The Hall–Kier alpha value is -1.58. The lowest BCUT2D eigenvalue weighted by Crippen LogP contribution is -2.38. The van der Waals surface area contributed by atoms with E-state index in [-0.39, 0.29) is 11.7 Å². The van der Waals surface area contributed by atoms with Crippen molar-refractivity contribution in [1.82, 2.24) is 30.0 Å². The Bertz CT molecular complexity index is 697. The predicted molar refractivity (Wildman–Crippen MR) is 86.1 cm³/mol. The molecule has 23 heavy (non-hydrogen) atoms. The van der Waals surface area contributed by atoms with Crippen LogP contribution >= 0.6 is 11.3 Å². The largest absolute Gasteiger partial charge is 0.340 e. The van der Waals surface area contributed by atoms with Gasteiger partial charge in [0.1, 0.15) is 12.0 Å². The Morgan fingerprint density at radius 1 is 1.57 bits per heavy atom. The Labute approximate surface area is 137 Å². The molecule has 0 bridgehead atoms. The summed E-state index contributed by atoms with van der Waals surface area (Å²) in [5, 5.41) is 9.33. The van der Waals surface area contributed by atoms with Crippen molar-refractivity contribution >= 4 is 11.3 Å². The SMILES string of the molecule is Cc1nc(CN2C[C@@H](F)C[C@H]2CN(C)Cc2n[nH]c(=O)[nH]2)cs1. The first-order valence-corrected chi connectivity index (χ1v) is 8.49. The van der Waals surface area contributed by atoms with E-state index in [0.29, 0.717) is 31.9 Å². The number of hydrogen-bond acceptors (Lipinski definition) is 6. The predicted octanol–water partition coefficient (Wildman–Crippen LogP) is 0.907. The van der Waals surface area contributed by atoms with E-state index < -0.39 is 6.17 Å². The lowest BCUT2D eigenvalue weighted by atomic mass is 10.2. The smallest absolute Gasteiger partial charge is 0.297 e. The number of H-pyrrole nitrogens is 2. The first-order valence-electron chi connectivity index (χ1n) is 7.61. The number of aryl methyl sites for hydroxylation is 1. The van der Waals surface area contributed by atoms with Crippen LogP contribution in [0.2, 0.25) is 0 Å². The van der Waals surface area contributed by atoms with Crippen molar-refractivity contribution in [2.75, 3.05) is 20.1 Å². The summed E-state index contributed by atoms with van der Waals surface area (Å²) >= 11 is 1.62. The molecule has 0 unspecified atom stereocenters. The van der Waals surface area contributed by atoms with Crippen LogP contribution in [0.3, 0.4) is 0 Å². The molecule has 7 nitrogen and oxygen atoms in total. The topological polar surface area (TPSA) is 80.9 Å². The second-order valence-electron chi connectivity index (χ2n) is 6.10. The van der Waals surface area contributed by atoms with E-state index in [1.54, 1.807) is 11.3 Å². The fourth-order valence-electron chi connectivity index (χ4n) is 3.06. The molecule has 0 saturated carbocycles. The molecule has 9 heteroatoms. The highest BCUT2D eigenvalue weighted by Gasteiger charge is 2.33. The fraction of sp³-hybridized carbons (Fsp3) is 0.643. The second kappa shape index (κ2) is 6.90. The summed E-state index contributed by atoms with van der Waals surface area (Å²) in [6, 6.07) is 0.141. The number of halogens is 1. The van der Waals surface area contributed by atoms with Gasteiger partial charge in [-0.2, -0.15) is 5.10 Å². The molecule has 1 fully saturated rings. The van der Waals surface area contributed by atoms with Gasteiger partial charge in [-0.1, -0.05) is 0 Å². The van der Waals surface area contributed by atoms with Crippen molar-refractivity contribution in [1.29, 1.82) is 0 Å². The third kappa shape index (κ3) is 4.24. The first-order chi connectivity index (χ1) is 11.0. The highest BCUT2D eigenvalue weighted by Crippen LogP contribution is 2.24. The lowest BCUT2D eigenvalue weighted by molar-refractivity contribution is 0.177. The zero-order valence-electron chi connectivity index (χ0n) is 13.3. The molecule has 3 heterocycles. The minimum absolute atomic E-state index is 0.141. The van der Waals surface area contributed by atoms with Crippen LogP contribution in [0.25, 0.3) is 0 Å². The number of rotatable bonds is 6. The minimum Gasteiger partial charge on any atom is -0.297 e. The fourth-order valence-corrected chi connectivity index (χ4v) is 3.66. The first kappa shape index (κ1) is 16.3. The summed E-state index contributed by atoms with van der Waals surface area (Å²) in [6.07, 6.45) is -0.261. The third-order valence-corrected chi connectivity index (χ3v) is 4.82. The van der Waals surface area contributed by atoms with E-state index in [2.05, 4.69) is 25.1 Å². The molecule has 3 rings (SSSR count). The number of likely N-dealkylation sites (tertiary alicyclic amines) is 1. The number of alkyl halides is 1. The number of thiazole rings is 1. The number of hydrogen-bond donors (Lipinski definition) is 2. The van der Waals surface area contributed by atoms with Crippen molar-refractivity contribution in [3.05, 3.63) is 32.4 Å². The highest BCUT2D eigenvalue weighted by molar-refractivity contribution is 7.09. The van der Waals surface area contributed by atoms with Crippen LogP contribution in [0.4, 0.5) is 4.39 Å². The third-order valence-electron chi connectivity index (χ3n) is 4.00. The molecule has 2 aromatic rings. The normalized spacial score (nSPS) is 22.3. The van der Waals surface area contributed by atoms with Crippen LogP contribution in [0.15, 0.2) is 10.2 Å². The zero-order valence-corrected chi connectivity index (χ0v) is 14.1. The Morgan fingerprint density at radius 2 is 2.39 bits per heavy atom. The Morgan fingerprint density at radius 3 is 3.04 bits per heavy atom. The van der Waals surface area contributed by atoms with Crippen molar-refractivity contribution < 1.29 is 4.39 Å². The number of aromatic amines is 2. The van der Waals surface area contributed by atoms with Gasteiger partial charge in [-0.25, -0.2) is 19.3 Å². The van der Waals surface area contributed by atoms with Crippen molar-refractivity contribution in [2.24, 2.45) is 0 Å². The van der Waals surface area contributed by atoms with Gasteiger partial charge < -0.3 is 0 Å². The summed E-state index contributed by atoms with van der Waals surface area (Å²) in [7, 11) is 1.95. The maximum absolute atomic E-state index is 13.9. The van der Waals surface area contributed by atoms with E-state index >= 15 is 0 Å². The molecule has 2 aromatic heterocycles. The van der Waals surface area contributed by atoms with Crippen LogP contribution in [-0.2, 0) is 13.1 Å². The van der Waals surface area contributed by atoms with Gasteiger partial charge >= 0.3 is 5.69 Å². The molecular formula is C14H21FN6OS. The van der Waals surface area contributed by atoms with Crippen LogP contribution in [0.5, 0.6) is 0 Å². The molecule has 0 aromatic carbocycles. The molecule has 126 valence electrons. The van der Waals surface area contributed by atoms with Gasteiger partial charge in [0.25, 0.3) is 0 Å². The summed E-state index contributed by atoms with van der Waals surface area (Å²) in [5.74, 6) is 0.592. The number of likely N-dealkylation sites (N-methyl/N-ethyl adjacent to an activating group) is 1. The number of aromatic nitrogens is 4. The maximum atomic E-state index is 13.9. The van der Waals surface area contributed by atoms with E-state index in [1.165, 1.54) is 0 Å². The highest BCUT2D eigenvalue weighted by atomic mass is 32.1. The summed E-state index contributed by atoms with van der Waals surface area (Å²) < 4.78 is 13.9. The van der Waals surface area contributed by atoms with Gasteiger partial charge in [-0.05, 0) is 20.4 Å². The van der Waals surface area contributed by atoms with Crippen molar-refractivity contribution in [3.8, 4) is 0 Å². The second-order valence-corrected chi connectivity index (χ2v) is 7.16. The van der Waals surface area contributed by atoms with Gasteiger partial charge in [0.2, 0.25) is 0 Å². The quantitative estimate of drug-likeness (QED) is 0.817. The lowest BCUT2D eigenvalue weighted by Gasteiger charge is -2.27. The van der Waals surface area contributed by atoms with Gasteiger partial charge in [-0.15, -0.1) is 11.3 Å². The maximum Gasteiger partial charge on any atom is 0.340 e. The van der Waals surface area contributed by atoms with Crippen molar-refractivity contribution in [3.63, 3.8) is 0 Å². The van der Waals surface area contributed by atoms with Crippen LogP contribution in [0, 0.1) is 6.92 Å². The molecule has 0 aliphatic carbocycles. The van der Waals surface area contributed by atoms with E-state index in [4.69, 9.17) is 0 Å². The number of nitrogens with one attached hydrogen (secondary N) is 2. The molecule has 0 radical (unpaired) electrons. The van der Waals surface area contributed by atoms with Crippen LogP contribution in [-0.4, -0.2) is 62.3 Å². The summed E-state index contributed by atoms with van der Waals surface area (Å²) in [6.45, 7) is 4.36. The van der Waals surface area contributed by atoms with Gasteiger partial charge in [-0.3, -0.25) is 14.8 Å². The Kier molecular flexibility index (Phi) is 4.88. The monoisotopic (exact) mass is 340 g/mol.